The summed E-state index contributed by atoms with van der Waals surface area (Å²) in [6.45, 7) is 0. The van der Waals surface area contributed by atoms with Crippen molar-refractivity contribution in [3.63, 3.8) is 0 Å². The summed E-state index contributed by atoms with van der Waals surface area (Å²) in [7, 11) is 1.34. The predicted octanol–water partition coefficient (Wildman–Crippen LogP) is 3.20. The molecule has 0 amide bonds. The monoisotopic (exact) mass is 266 g/mol. The molecular formula is C16H14N2O2. The van der Waals surface area contributed by atoms with Crippen molar-refractivity contribution in [2.75, 3.05) is 12.8 Å². The lowest BCUT2D eigenvalue weighted by atomic mass is 10.1. The molecule has 0 atom stereocenters. The summed E-state index contributed by atoms with van der Waals surface area (Å²) in [5, 5.41) is 2.31. The number of aromatic amines is 1. The lowest BCUT2D eigenvalue weighted by molar-refractivity contribution is 0.0602. The summed E-state index contributed by atoms with van der Waals surface area (Å²) >= 11 is 0. The number of hydrogen-bond donors (Lipinski definition) is 2. The third kappa shape index (κ3) is 2.01. The average molecular weight is 266 g/mol. The Morgan fingerprint density at radius 1 is 1.10 bits per heavy atom. The van der Waals surface area contributed by atoms with E-state index in [1.54, 1.807) is 6.07 Å². The summed E-state index contributed by atoms with van der Waals surface area (Å²) < 4.78 is 4.70. The van der Waals surface area contributed by atoms with Gasteiger partial charge in [0.2, 0.25) is 0 Å². The highest BCUT2D eigenvalue weighted by Crippen LogP contribution is 2.27. The van der Waals surface area contributed by atoms with Gasteiger partial charge in [0.1, 0.15) is 11.4 Å². The number of hydrogen-bond acceptors (Lipinski definition) is 3. The molecule has 20 heavy (non-hydrogen) atoms. The van der Waals surface area contributed by atoms with Gasteiger partial charge in [-0.25, -0.2) is 4.79 Å². The zero-order chi connectivity index (χ0) is 14.1. The highest BCUT2D eigenvalue weighted by Gasteiger charge is 2.14. The van der Waals surface area contributed by atoms with E-state index in [1.807, 2.05) is 30.3 Å². The van der Waals surface area contributed by atoms with Gasteiger partial charge >= 0.3 is 5.97 Å². The maximum Gasteiger partial charge on any atom is 0.341 e. The van der Waals surface area contributed by atoms with Crippen molar-refractivity contribution >= 4 is 22.6 Å². The molecule has 3 rings (SSSR count). The van der Waals surface area contributed by atoms with E-state index in [9.17, 15) is 4.79 Å². The molecule has 0 radical (unpaired) electrons. The fourth-order valence-corrected chi connectivity index (χ4v) is 2.26. The van der Waals surface area contributed by atoms with E-state index in [4.69, 9.17) is 10.5 Å². The molecule has 4 heteroatoms. The number of nitrogen functional groups attached to an aromatic ring is 1. The van der Waals surface area contributed by atoms with Gasteiger partial charge in [-0.05, 0) is 28.5 Å². The second kappa shape index (κ2) is 4.74. The van der Waals surface area contributed by atoms with Crippen LogP contribution in [0.2, 0.25) is 0 Å². The lowest BCUT2D eigenvalue weighted by Gasteiger charge is -2.01. The highest BCUT2D eigenvalue weighted by molar-refractivity contribution is 5.96. The molecule has 0 bridgehead atoms. The number of H-pyrrole nitrogens is 1. The third-order valence-corrected chi connectivity index (χ3v) is 3.31. The van der Waals surface area contributed by atoms with Gasteiger partial charge in [0, 0.05) is 5.69 Å². The van der Waals surface area contributed by atoms with E-state index in [2.05, 4.69) is 17.1 Å². The zero-order valence-electron chi connectivity index (χ0n) is 11.0. The van der Waals surface area contributed by atoms with Crippen LogP contribution in [0.25, 0.3) is 22.0 Å². The van der Waals surface area contributed by atoms with Crippen LogP contribution >= 0.6 is 0 Å². The summed E-state index contributed by atoms with van der Waals surface area (Å²) in [6, 6.07) is 15.9. The van der Waals surface area contributed by atoms with Crippen LogP contribution in [0.5, 0.6) is 0 Å². The van der Waals surface area contributed by atoms with Crippen molar-refractivity contribution in [2.24, 2.45) is 0 Å². The fraction of sp³-hybridized carbons (Fsp3) is 0.0625. The minimum Gasteiger partial charge on any atom is -0.465 e. The van der Waals surface area contributed by atoms with Crippen LogP contribution in [0.4, 0.5) is 5.82 Å². The number of nitrogens with two attached hydrogens (primary N) is 1. The number of rotatable bonds is 2. The number of anilines is 1. The Morgan fingerprint density at radius 2 is 1.85 bits per heavy atom. The van der Waals surface area contributed by atoms with Gasteiger partial charge in [0.25, 0.3) is 0 Å². The normalized spacial score (nSPS) is 10.7. The number of nitrogens with one attached hydrogen (secondary N) is 1. The second-order valence-electron chi connectivity index (χ2n) is 4.56. The van der Waals surface area contributed by atoms with Gasteiger partial charge in [-0.3, -0.25) is 0 Å². The summed E-state index contributed by atoms with van der Waals surface area (Å²) in [6.07, 6.45) is 0. The first-order valence-corrected chi connectivity index (χ1v) is 6.25. The average Bonchev–Trinajstić information content (AvgIpc) is 2.88. The van der Waals surface area contributed by atoms with Crippen LogP contribution in [0.3, 0.4) is 0 Å². The Kier molecular flexibility index (Phi) is 2.91. The second-order valence-corrected chi connectivity index (χ2v) is 4.56. The maximum absolute atomic E-state index is 11.6. The smallest absolute Gasteiger partial charge is 0.341 e. The number of esters is 1. The Hall–Kier alpha value is -2.75. The van der Waals surface area contributed by atoms with E-state index < -0.39 is 5.97 Å². The van der Waals surface area contributed by atoms with E-state index >= 15 is 0 Å². The number of fused-ring (bicyclic) bond motifs is 1. The van der Waals surface area contributed by atoms with Gasteiger partial charge in [-0.2, -0.15) is 0 Å². The number of methoxy groups -OCH3 is 1. The van der Waals surface area contributed by atoms with Crippen LogP contribution in [0, 0.1) is 0 Å². The van der Waals surface area contributed by atoms with Gasteiger partial charge in [-0.1, -0.05) is 36.4 Å². The first-order valence-electron chi connectivity index (χ1n) is 6.25. The molecule has 1 heterocycles. The van der Waals surface area contributed by atoms with Crippen LogP contribution < -0.4 is 5.73 Å². The zero-order valence-corrected chi connectivity index (χ0v) is 11.0. The van der Waals surface area contributed by atoms with Crippen molar-refractivity contribution in [2.45, 2.75) is 0 Å². The van der Waals surface area contributed by atoms with Crippen molar-refractivity contribution in [1.82, 2.24) is 4.98 Å². The van der Waals surface area contributed by atoms with Crippen molar-refractivity contribution in [3.05, 3.63) is 54.1 Å². The number of carbonyl (C=O) groups excluding carboxylic acids is 1. The van der Waals surface area contributed by atoms with Crippen molar-refractivity contribution in [1.29, 1.82) is 0 Å². The summed E-state index contributed by atoms with van der Waals surface area (Å²) in [5.41, 5.74) is 7.95. The quantitative estimate of drug-likeness (QED) is 0.700. The molecule has 1 aromatic heterocycles. The molecule has 0 aliphatic rings. The molecule has 0 fully saturated rings. The molecule has 0 saturated heterocycles. The molecule has 3 N–H and O–H groups in total. The molecule has 4 nitrogen and oxygen atoms in total. The van der Waals surface area contributed by atoms with E-state index in [0.717, 1.165) is 16.6 Å². The Morgan fingerprint density at radius 3 is 2.60 bits per heavy atom. The van der Waals surface area contributed by atoms with Crippen molar-refractivity contribution < 1.29 is 9.53 Å². The van der Waals surface area contributed by atoms with Crippen LogP contribution in [-0.2, 0) is 4.74 Å². The molecule has 2 aromatic carbocycles. The number of carbonyl (C=O) groups is 1. The Labute approximate surface area is 116 Å². The van der Waals surface area contributed by atoms with Gasteiger partial charge < -0.3 is 15.5 Å². The maximum atomic E-state index is 11.6. The van der Waals surface area contributed by atoms with E-state index in [1.165, 1.54) is 12.5 Å². The third-order valence-electron chi connectivity index (χ3n) is 3.31. The Bertz CT molecular complexity index is 790. The van der Waals surface area contributed by atoms with E-state index in [-0.39, 0.29) is 0 Å². The summed E-state index contributed by atoms with van der Waals surface area (Å²) in [5.74, 6) is -0.120. The predicted molar refractivity (Wildman–Crippen MR) is 79.5 cm³/mol. The first kappa shape index (κ1) is 12.3. The number of benzene rings is 2. The minimum absolute atomic E-state index is 0.319. The largest absolute Gasteiger partial charge is 0.465 e. The molecule has 0 spiro atoms. The lowest BCUT2D eigenvalue weighted by Crippen LogP contribution is -2.02. The molecule has 0 saturated carbocycles. The molecule has 3 aromatic rings. The molecule has 0 aliphatic carbocycles. The van der Waals surface area contributed by atoms with E-state index in [0.29, 0.717) is 11.4 Å². The first-order chi connectivity index (χ1) is 9.69. The summed E-state index contributed by atoms with van der Waals surface area (Å²) in [4.78, 5) is 14.6. The molecule has 0 aliphatic heterocycles. The van der Waals surface area contributed by atoms with Gasteiger partial charge in [0.05, 0.1) is 7.11 Å². The van der Waals surface area contributed by atoms with Crippen molar-refractivity contribution in [3.8, 4) is 11.3 Å². The molecule has 100 valence electrons. The standard InChI is InChI=1S/C16H14N2O2/c1-20-16(19)13-9-14(18-15(13)17)12-7-6-10-4-2-3-5-11(10)8-12/h2-9,18H,17H2,1H3. The van der Waals surface area contributed by atoms with Crippen LogP contribution in [0.15, 0.2) is 48.5 Å². The SMILES string of the molecule is COC(=O)c1cc(-c2ccc3ccccc3c2)[nH]c1N. The van der Waals surface area contributed by atoms with Gasteiger partial charge in [0.15, 0.2) is 0 Å². The van der Waals surface area contributed by atoms with Crippen LogP contribution in [-0.4, -0.2) is 18.1 Å². The Balaban J connectivity index is 2.09. The van der Waals surface area contributed by atoms with Gasteiger partial charge in [-0.15, -0.1) is 0 Å². The van der Waals surface area contributed by atoms with Crippen LogP contribution in [0.1, 0.15) is 10.4 Å². The fourth-order valence-electron chi connectivity index (χ4n) is 2.26. The number of ether oxygens (including phenoxy) is 1. The number of aromatic nitrogens is 1. The highest BCUT2D eigenvalue weighted by atomic mass is 16.5. The molecular weight excluding hydrogens is 252 g/mol. The molecule has 0 unspecified atom stereocenters. The minimum atomic E-state index is -0.439. The topological polar surface area (TPSA) is 68.1 Å².